The van der Waals surface area contributed by atoms with E-state index in [1.54, 1.807) is 54.6 Å². The van der Waals surface area contributed by atoms with E-state index >= 15 is 0 Å². The summed E-state index contributed by atoms with van der Waals surface area (Å²) in [5.41, 5.74) is 0.986. The number of imide groups is 1. The quantitative estimate of drug-likeness (QED) is 0.334. The van der Waals surface area contributed by atoms with Crippen LogP contribution in [0.5, 0.6) is 0 Å². The number of rotatable bonds is 5. The van der Waals surface area contributed by atoms with Crippen LogP contribution in [0.25, 0.3) is 0 Å². The first-order chi connectivity index (χ1) is 14.9. The number of ether oxygens (including phenoxy) is 1. The third kappa shape index (κ3) is 3.73. The Morgan fingerprint density at radius 3 is 2.19 bits per heavy atom. The molecule has 0 N–H and O–H groups in total. The molecular weight excluding hydrogens is 418 g/mol. The van der Waals surface area contributed by atoms with E-state index < -0.39 is 23.9 Å². The summed E-state index contributed by atoms with van der Waals surface area (Å²) in [6, 6.07) is 19.1. The second-order valence-corrected chi connectivity index (χ2v) is 7.34. The van der Waals surface area contributed by atoms with Crippen molar-refractivity contribution in [2.45, 2.75) is 13.0 Å². The number of carbonyl (C=O) groups is 4. The molecule has 0 bridgehead atoms. The van der Waals surface area contributed by atoms with Crippen molar-refractivity contribution < 1.29 is 23.9 Å². The lowest BCUT2D eigenvalue weighted by atomic mass is 10.1. The molecule has 0 spiro atoms. The average molecular weight is 434 g/mol. The van der Waals surface area contributed by atoms with Crippen LogP contribution in [-0.2, 0) is 4.74 Å². The first-order valence-electron chi connectivity index (χ1n) is 9.46. The van der Waals surface area contributed by atoms with Crippen LogP contribution in [0.4, 0.5) is 5.69 Å². The monoisotopic (exact) mass is 433 g/mol. The second kappa shape index (κ2) is 8.16. The van der Waals surface area contributed by atoms with Gasteiger partial charge in [-0.15, -0.1) is 0 Å². The van der Waals surface area contributed by atoms with Gasteiger partial charge in [0.15, 0.2) is 6.10 Å². The molecule has 4 rings (SSSR count). The summed E-state index contributed by atoms with van der Waals surface area (Å²) >= 11 is 6.14. The SMILES string of the molecule is C[C@@H](OC(=O)c1ccc2c(c1)C(=O)N(c1ccccc1Cl)C2=O)C(=O)c1ccccc1. The van der Waals surface area contributed by atoms with Gasteiger partial charge in [-0.3, -0.25) is 14.4 Å². The number of carbonyl (C=O) groups excluding carboxylic acids is 4. The minimum atomic E-state index is -1.01. The zero-order valence-corrected chi connectivity index (χ0v) is 17.1. The fourth-order valence-corrected chi connectivity index (χ4v) is 3.56. The van der Waals surface area contributed by atoms with Gasteiger partial charge in [0, 0.05) is 5.56 Å². The molecular formula is C24H16ClNO5. The van der Waals surface area contributed by atoms with Gasteiger partial charge in [-0.25, -0.2) is 9.69 Å². The van der Waals surface area contributed by atoms with E-state index in [9.17, 15) is 19.2 Å². The number of benzene rings is 3. The number of hydrogen-bond acceptors (Lipinski definition) is 5. The average Bonchev–Trinajstić information content (AvgIpc) is 3.03. The van der Waals surface area contributed by atoms with Crippen LogP contribution in [0, 0.1) is 0 Å². The normalized spacial score (nSPS) is 13.7. The Labute approximate surface area is 183 Å². The maximum Gasteiger partial charge on any atom is 0.338 e. The van der Waals surface area contributed by atoms with Gasteiger partial charge in [0.1, 0.15) is 0 Å². The zero-order chi connectivity index (χ0) is 22.1. The van der Waals surface area contributed by atoms with Gasteiger partial charge in [0.25, 0.3) is 11.8 Å². The first-order valence-corrected chi connectivity index (χ1v) is 9.84. The van der Waals surface area contributed by atoms with E-state index in [2.05, 4.69) is 0 Å². The predicted octanol–water partition coefficient (Wildman–Crippen LogP) is 4.57. The zero-order valence-electron chi connectivity index (χ0n) is 16.4. The van der Waals surface area contributed by atoms with Gasteiger partial charge in [0.05, 0.1) is 27.4 Å². The van der Waals surface area contributed by atoms with Crippen molar-refractivity contribution in [3.63, 3.8) is 0 Å². The molecule has 0 aromatic heterocycles. The number of nitrogens with zero attached hydrogens (tertiary/aromatic N) is 1. The Hall–Kier alpha value is -3.77. The van der Waals surface area contributed by atoms with Crippen LogP contribution in [-0.4, -0.2) is 29.7 Å². The van der Waals surface area contributed by atoms with Gasteiger partial charge in [-0.2, -0.15) is 0 Å². The van der Waals surface area contributed by atoms with Gasteiger partial charge < -0.3 is 4.74 Å². The number of halogens is 1. The maximum atomic E-state index is 12.9. The predicted molar refractivity (Wildman–Crippen MR) is 115 cm³/mol. The van der Waals surface area contributed by atoms with E-state index in [1.807, 2.05) is 0 Å². The van der Waals surface area contributed by atoms with Crippen molar-refractivity contribution in [1.82, 2.24) is 0 Å². The Morgan fingerprint density at radius 1 is 0.839 bits per heavy atom. The van der Waals surface area contributed by atoms with E-state index in [4.69, 9.17) is 16.3 Å². The molecule has 0 fully saturated rings. The van der Waals surface area contributed by atoms with E-state index in [0.717, 1.165) is 4.90 Å². The standard InChI is InChI=1S/C24H16ClNO5/c1-14(21(27)15-7-3-2-4-8-15)31-24(30)16-11-12-17-18(13-16)23(29)26(22(17)28)20-10-6-5-9-19(20)25/h2-14H,1H3/t14-/m1/s1. The van der Waals surface area contributed by atoms with Crippen molar-refractivity contribution in [3.05, 3.63) is 100 Å². The molecule has 1 aliphatic rings. The number of anilines is 1. The number of Topliss-reactive ketones (excluding diaryl/α,β-unsaturated/α-hetero) is 1. The Morgan fingerprint density at radius 2 is 1.48 bits per heavy atom. The molecule has 1 heterocycles. The highest BCUT2D eigenvalue weighted by molar-refractivity contribution is 6.39. The minimum absolute atomic E-state index is 0.0635. The molecule has 2 amide bonds. The Balaban J connectivity index is 1.57. The van der Waals surface area contributed by atoms with Gasteiger partial charge in [-0.05, 0) is 37.3 Å². The van der Waals surface area contributed by atoms with Crippen LogP contribution in [0.3, 0.4) is 0 Å². The summed E-state index contributed by atoms with van der Waals surface area (Å²) in [6.45, 7) is 1.48. The molecule has 0 saturated carbocycles. The van der Waals surface area contributed by atoms with Crippen LogP contribution in [0.2, 0.25) is 5.02 Å². The van der Waals surface area contributed by atoms with E-state index in [-0.39, 0.29) is 33.2 Å². The molecule has 0 radical (unpaired) electrons. The number of hydrogen-bond donors (Lipinski definition) is 0. The Bertz CT molecular complexity index is 1220. The summed E-state index contributed by atoms with van der Waals surface area (Å²) in [6.07, 6.45) is -1.01. The number of para-hydroxylation sites is 1. The smallest absolute Gasteiger partial charge is 0.338 e. The largest absolute Gasteiger partial charge is 0.451 e. The molecule has 7 heteroatoms. The van der Waals surface area contributed by atoms with Gasteiger partial charge in [-0.1, -0.05) is 54.1 Å². The van der Waals surface area contributed by atoms with Gasteiger partial charge in [0.2, 0.25) is 5.78 Å². The molecule has 31 heavy (non-hydrogen) atoms. The molecule has 154 valence electrons. The lowest BCUT2D eigenvalue weighted by Crippen LogP contribution is -2.29. The molecule has 3 aromatic rings. The number of fused-ring (bicyclic) bond motifs is 1. The molecule has 1 aliphatic heterocycles. The Kier molecular flexibility index (Phi) is 5.40. The number of ketones is 1. The summed E-state index contributed by atoms with van der Waals surface area (Å²) in [7, 11) is 0. The van der Waals surface area contributed by atoms with E-state index in [1.165, 1.54) is 25.1 Å². The third-order valence-corrected chi connectivity index (χ3v) is 5.25. The fourth-order valence-electron chi connectivity index (χ4n) is 3.34. The van der Waals surface area contributed by atoms with Crippen molar-refractivity contribution in [2.24, 2.45) is 0 Å². The second-order valence-electron chi connectivity index (χ2n) is 6.94. The van der Waals surface area contributed by atoms with Crippen molar-refractivity contribution in [3.8, 4) is 0 Å². The van der Waals surface area contributed by atoms with Crippen molar-refractivity contribution in [2.75, 3.05) is 4.90 Å². The number of esters is 1. The highest BCUT2D eigenvalue weighted by Gasteiger charge is 2.38. The van der Waals surface area contributed by atoms with Crippen LogP contribution < -0.4 is 4.90 Å². The number of amides is 2. The summed E-state index contributed by atoms with van der Waals surface area (Å²) in [5.74, 6) is -2.22. The summed E-state index contributed by atoms with van der Waals surface area (Å²) < 4.78 is 5.29. The molecule has 3 aromatic carbocycles. The van der Waals surface area contributed by atoms with E-state index in [0.29, 0.717) is 5.56 Å². The topological polar surface area (TPSA) is 80.8 Å². The first kappa shape index (κ1) is 20.5. The maximum absolute atomic E-state index is 12.9. The fraction of sp³-hybridized carbons (Fsp3) is 0.0833. The van der Waals surface area contributed by atoms with Gasteiger partial charge >= 0.3 is 5.97 Å². The molecule has 0 aliphatic carbocycles. The highest BCUT2D eigenvalue weighted by atomic mass is 35.5. The minimum Gasteiger partial charge on any atom is -0.451 e. The van der Waals surface area contributed by atoms with Crippen molar-refractivity contribution >= 4 is 40.9 Å². The summed E-state index contributed by atoms with van der Waals surface area (Å²) in [4.78, 5) is 51.6. The lowest BCUT2D eigenvalue weighted by molar-refractivity contribution is 0.0318. The van der Waals surface area contributed by atoms with Crippen LogP contribution in [0.15, 0.2) is 72.8 Å². The lowest BCUT2D eigenvalue weighted by Gasteiger charge is -2.15. The molecule has 1 atom stereocenters. The molecule has 0 unspecified atom stereocenters. The molecule has 0 saturated heterocycles. The molecule has 6 nitrogen and oxygen atoms in total. The third-order valence-electron chi connectivity index (χ3n) is 4.93. The van der Waals surface area contributed by atoms with Crippen LogP contribution >= 0.6 is 11.6 Å². The highest BCUT2D eigenvalue weighted by Crippen LogP contribution is 2.33. The van der Waals surface area contributed by atoms with Crippen LogP contribution in [0.1, 0.15) is 48.4 Å². The summed E-state index contributed by atoms with van der Waals surface area (Å²) in [5, 5.41) is 0.255. The van der Waals surface area contributed by atoms with Crippen molar-refractivity contribution in [1.29, 1.82) is 0 Å².